The molecule has 0 saturated carbocycles. The molecule has 18 heavy (non-hydrogen) atoms. The zero-order chi connectivity index (χ0) is 12.4. The number of rotatable bonds is 2. The number of hydrogen-bond acceptors (Lipinski definition) is 3. The molecule has 3 heteroatoms. The van der Waals surface area contributed by atoms with Gasteiger partial charge in [-0.05, 0) is 10.8 Å². The Morgan fingerprint density at radius 3 is 2.83 bits per heavy atom. The zero-order valence-electron chi connectivity index (χ0n) is 10.1. The van der Waals surface area contributed by atoms with Gasteiger partial charge >= 0.3 is 0 Å². The van der Waals surface area contributed by atoms with Crippen LogP contribution in [0.25, 0.3) is 10.8 Å². The summed E-state index contributed by atoms with van der Waals surface area (Å²) in [5, 5.41) is 5.50. The molecule has 1 aliphatic heterocycles. The quantitative estimate of drug-likeness (QED) is 0.839. The Balaban J connectivity index is 2.00. The van der Waals surface area contributed by atoms with E-state index in [1.54, 1.807) is 0 Å². The van der Waals surface area contributed by atoms with Gasteiger partial charge in [-0.2, -0.15) is 11.8 Å². The molecule has 0 aliphatic carbocycles. The van der Waals surface area contributed by atoms with Crippen LogP contribution in [0.2, 0.25) is 0 Å². The predicted molar refractivity (Wildman–Crippen MR) is 77.4 cm³/mol. The van der Waals surface area contributed by atoms with Crippen molar-refractivity contribution in [1.82, 2.24) is 5.32 Å². The maximum Gasteiger partial charge on any atom is 0.181 e. The first-order valence-electron chi connectivity index (χ1n) is 6.19. The van der Waals surface area contributed by atoms with Gasteiger partial charge in [-0.25, -0.2) is 0 Å². The highest BCUT2D eigenvalue weighted by Gasteiger charge is 2.23. The zero-order valence-corrected chi connectivity index (χ0v) is 10.9. The van der Waals surface area contributed by atoms with Crippen LogP contribution in [0.5, 0.6) is 0 Å². The van der Waals surface area contributed by atoms with Crippen molar-refractivity contribution >= 4 is 28.3 Å². The second kappa shape index (κ2) is 5.12. The summed E-state index contributed by atoms with van der Waals surface area (Å²) in [6, 6.07) is 14.0. The van der Waals surface area contributed by atoms with Gasteiger partial charge in [-0.1, -0.05) is 42.5 Å². The van der Waals surface area contributed by atoms with Crippen molar-refractivity contribution in [2.75, 3.05) is 18.1 Å². The van der Waals surface area contributed by atoms with Gasteiger partial charge in [0.25, 0.3) is 0 Å². The van der Waals surface area contributed by atoms with Gasteiger partial charge in [0.05, 0.1) is 6.04 Å². The van der Waals surface area contributed by atoms with Crippen LogP contribution in [0.1, 0.15) is 10.4 Å². The average molecular weight is 257 g/mol. The smallest absolute Gasteiger partial charge is 0.181 e. The van der Waals surface area contributed by atoms with E-state index in [9.17, 15) is 4.79 Å². The number of hydrogen-bond donors (Lipinski definition) is 1. The molecule has 1 atom stereocenters. The van der Waals surface area contributed by atoms with Gasteiger partial charge in [-0.15, -0.1) is 0 Å². The maximum atomic E-state index is 12.5. The molecule has 0 aromatic heterocycles. The van der Waals surface area contributed by atoms with E-state index in [0.717, 1.165) is 34.4 Å². The third-order valence-corrected chi connectivity index (χ3v) is 4.36. The van der Waals surface area contributed by atoms with Crippen LogP contribution in [0, 0.1) is 0 Å². The molecule has 2 aromatic carbocycles. The molecule has 1 saturated heterocycles. The SMILES string of the molecule is O=C(c1cccc2ccccc12)C1CSCCN1. The number of nitrogens with one attached hydrogen (secondary N) is 1. The topological polar surface area (TPSA) is 29.1 Å². The van der Waals surface area contributed by atoms with Crippen molar-refractivity contribution in [1.29, 1.82) is 0 Å². The molecule has 1 aliphatic rings. The summed E-state index contributed by atoms with van der Waals surface area (Å²) in [5.74, 6) is 2.19. The van der Waals surface area contributed by atoms with Crippen LogP contribution >= 0.6 is 11.8 Å². The summed E-state index contributed by atoms with van der Waals surface area (Å²) in [5.41, 5.74) is 0.841. The fourth-order valence-corrected chi connectivity index (χ4v) is 3.30. The molecular weight excluding hydrogens is 242 g/mol. The molecule has 1 unspecified atom stereocenters. The fraction of sp³-hybridized carbons (Fsp3) is 0.267. The van der Waals surface area contributed by atoms with E-state index in [2.05, 4.69) is 17.4 Å². The molecule has 92 valence electrons. The lowest BCUT2D eigenvalue weighted by Gasteiger charge is -2.22. The van der Waals surface area contributed by atoms with E-state index in [-0.39, 0.29) is 11.8 Å². The molecule has 1 heterocycles. The number of fused-ring (bicyclic) bond motifs is 1. The molecule has 0 spiro atoms. The highest BCUT2D eigenvalue weighted by molar-refractivity contribution is 7.99. The van der Waals surface area contributed by atoms with Gasteiger partial charge in [0, 0.05) is 23.6 Å². The van der Waals surface area contributed by atoms with Crippen LogP contribution in [-0.2, 0) is 0 Å². The molecule has 0 radical (unpaired) electrons. The average Bonchev–Trinajstić information content (AvgIpc) is 2.47. The normalized spacial score (nSPS) is 19.9. The van der Waals surface area contributed by atoms with Crippen molar-refractivity contribution in [3.05, 3.63) is 48.0 Å². The minimum Gasteiger partial charge on any atom is -0.306 e. The molecular formula is C15H15NOS. The summed E-state index contributed by atoms with van der Waals surface area (Å²) < 4.78 is 0. The van der Waals surface area contributed by atoms with Gasteiger partial charge in [0.2, 0.25) is 0 Å². The molecule has 0 bridgehead atoms. The van der Waals surface area contributed by atoms with Crippen LogP contribution in [0.3, 0.4) is 0 Å². The highest BCUT2D eigenvalue weighted by Crippen LogP contribution is 2.21. The fourth-order valence-electron chi connectivity index (χ4n) is 2.36. The van der Waals surface area contributed by atoms with Crippen LogP contribution in [0.15, 0.2) is 42.5 Å². The highest BCUT2D eigenvalue weighted by atomic mass is 32.2. The number of Topliss-reactive ketones (excluding diaryl/α,β-unsaturated/α-hetero) is 1. The van der Waals surface area contributed by atoms with Crippen molar-refractivity contribution in [2.24, 2.45) is 0 Å². The van der Waals surface area contributed by atoms with E-state index in [1.807, 2.05) is 42.1 Å². The third kappa shape index (κ3) is 2.16. The first kappa shape index (κ1) is 11.8. The second-order valence-corrected chi connectivity index (χ2v) is 5.62. The Morgan fingerprint density at radius 1 is 1.17 bits per heavy atom. The van der Waals surface area contributed by atoms with Gasteiger partial charge in [0.1, 0.15) is 0 Å². The summed E-state index contributed by atoms with van der Waals surface area (Å²) in [6.45, 7) is 0.922. The van der Waals surface area contributed by atoms with E-state index in [4.69, 9.17) is 0 Å². The number of carbonyl (C=O) groups excluding carboxylic acids is 1. The van der Waals surface area contributed by atoms with Crippen molar-refractivity contribution in [3.8, 4) is 0 Å². The predicted octanol–water partition coefficient (Wildman–Crippen LogP) is 2.73. The van der Waals surface area contributed by atoms with Gasteiger partial charge < -0.3 is 5.32 Å². The van der Waals surface area contributed by atoms with E-state index >= 15 is 0 Å². The molecule has 2 aromatic rings. The molecule has 2 nitrogen and oxygen atoms in total. The summed E-state index contributed by atoms with van der Waals surface area (Å²) in [7, 11) is 0. The number of thioether (sulfide) groups is 1. The lowest BCUT2D eigenvalue weighted by molar-refractivity contribution is 0.0954. The third-order valence-electron chi connectivity index (χ3n) is 3.29. The molecule has 3 rings (SSSR count). The monoisotopic (exact) mass is 257 g/mol. The van der Waals surface area contributed by atoms with Crippen LogP contribution in [0.4, 0.5) is 0 Å². The summed E-state index contributed by atoms with van der Waals surface area (Å²) in [6.07, 6.45) is 0. The Hall–Kier alpha value is -1.32. The van der Waals surface area contributed by atoms with Crippen LogP contribution in [-0.4, -0.2) is 29.9 Å². The van der Waals surface area contributed by atoms with Crippen molar-refractivity contribution < 1.29 is 4.79 Å². The first-order valence-corrected chi connectivity index (χ1v) is 7.35. The lowest BCUT2D eigenvalue weighted by atomic mass is 9.98. The standard InChI is InChI=1S/C15H15NOS/c17-15(14-10-18-9-8-16-14)13-7-3-5-11-4-1-2-6-12(11)13/h1-7,14,16H,8-10H2. The van der Waals surface area contributed by atoms with E-state index in [1.165, 1.54) is 0 Å². The van der Waals surface area contributed by atoms with Crippen LogP contribution < -0.4 is 5.32 Å². The Morgan fingerprint density at radius 2 is 2.00 bits per heavy atom. The largest absolute Gasteiger partial charge is 0.306 e. The van der Waals surface area contributed by atoms with Crippen molar-refractivity contribution in [2.45, 2.75) is 6.04 Å². The Labute approximate surface area is 111 Å². The number of benzene rings is 2. The molecule has 1 N–H and O–H groups in total. The number of ketones is 1. The first-order chi connectivity index (χ1) is 8.86. The van der Waals surface area contributed by atoms with E-state index < -0.39 is 0 Å². The number of carbonyl (C=O) groups is 1. The maximum absolute atomic E-state index is 12.5. The van der Waals surface area contributed by atoms with Gasteiger partial charge in [-0.3, -0.25) is 4.79 Å². The minimum atomic E-state index is -0.0328. The second-order valence-electron chi connectivity index (χ2n) is 4.47. The Bertz CT molecular complexity index is 570. The molecule has 0 amide bonds. The van der Waals surface area contributed by atoms with Gasteiger partial charge in [0.15, 0.2) is 5.78 Å². The Kier molecular flexibility index (Phi) is 3.35. The summed E-state index contributed by atoms with van der Waals surface area (Å²) in [4.78, 5) is 12.5. The molecule has 1 fully saturated rings. The lowest BCUT2D eigenvalue weighted by Crippen LogP contribution is -2.43. The summed E-state index contributed by atoms with van der Waals surface area (Å²) >= 11 is 1.85. The van der Waals surface area contributed by atoms with Crippen molar-refractivity contribution in [3.63, 3.8) is 0 Å². The van der Waals surface area contributed by atoms with E-state index in [0.29, 0.717) is 0 Å². The minimum absolute atomic E-state index is 0.0328.